The lowest BCUT2D eigenvalue weighted by molar-refractivity contribution is 0.198. The molecule has 0 spiro atoms. The maximum absolute atomic E-state index is 10.6. The van der Waals surface area contributed by atoms with E-state index in [1.165, 1.54) is 6.42 Å². The van der Waals surface area contributed by atoms with Crippen LogP contribution in [0.3, 0.4) is 0 Å². The summed E-state index contributed by atoms with van der Waals surface area (Å²) in [7, 11) is 0. The zero-order valence-corrected chi connectivity index (χ0v) is 12.4. The number of isocyanates is 2. The summed E-state index contributed by atoms with van der Waals surface area (Å²) in [6, 6.07) is 0.297. The van der Waals surface area contributed by atoms with Gasteiger partial charge in [-0.2, -0.15) is 0 Å². The fourth-order valence-electron chi connectivity index (χ4n) is 4.60. The third-order valence-corrected chi connectivity index (χ3v) is 5.39. The van der Waals surface area contributed by atoms with E-state index in [2.05, 4.69) is 23.8 Å². The molecule has 0 N–H and O–H groups in total. The van der Waals surface area contributed by atoms with Gasteiger partial charge >= 0.3 is 0 Å². The zero-order chi connectivity index (χ0) is 14.5. The lowest BCUT2D eigenvalue weighted by atomic mass is 9.75. The van der Waals surface area contributed by atoms with Crippen molar-refractivity contribution in [2.24, 2.45) is 33.7 Å². The molecule has 20 heavy (non-hydrogen) atoms. The summed E-state index contributed by atoms with van der Waals surface area (Å²) in [6.45, 7) is 4.22. The van der Waals surface area contributed by atoms with Crippen LogP contribution in [0.5, 0.6) is 0 Å². The Morgan fingerprint density at radius 2 is 1.50 bits per heavy atom. The summed E-state index contributed by atoms with van der Waals surface area (Å²) in [5.74, 6) is 2.36. The van der Waals surface area contributed by atoms with Gasteiger partial charge in [-0.05, 0) is 55.8 Å². The average Bonchev–Trinajstić information content (AvgIpc) is 3.04. The van der Waals surface area contributed by atoms with E-state index in [-0.39, 0.29) is 12.1 Å². The molecule has 2 rings (SSSR count). The molecule has 0 saturated heterocycles. The summed E-state index contributed by atoms with van der Waals surface area (Å²) in [4.78, 5) is 29.2. The third kappa shape index (κ3) is 2.92. The van der Waals surface area contributed by atoms with E-state index in [4.69, 9.17) is 0 Å². The molecule has 0 heterocycles. The Kier molecular flexibility index (Phi) is 5.28. The van der Waals surface area contributed by atoms with Crippen molar-refractivity contribution in [2.45, 2.75) is 64.5 Å². The fourth-order valence-corrected chi connectivity index (χ4v) is 4.60. The first-order valence-electron chi connectivity index (χ1n) is 7.89. The van der Waals surface area contributed by atoms with Gasteiger partial charge in [0.25, 0.3) is 0 Å². The highest BCUT2D eigenvalue weighted by atomic mass is 16.1. The molecule has 6 atom stereocenters. The monoisotopic (exact) mass is 276 g/mol. The van der Waals surface area contributed by atoms with Crippen molar-refractivity contribution in [3.8, 4) is 0 Å². The van der Waals surface area contributed by atoms with Crippen LogP contribution in [0.1, 0.15) is 52.4 Å². The van der Waals surface area contributed by atoms with Gasteiger partial charge in [0.2, 0.25) is 12.2 Å². The number of fused-ring (bicyclic) bond motifs is 2. The largest absolute Gasteiger partial charge is 0.235 e. The van der Waals surface area contributed by atoms with Crippen molar-refractivity contribution in [2.75, 3.05) is 0 Å². The molecule has 0 amide bonds. The van der Waals surface area contributed by atoms with Crippen LogP contribution in [-0.2, 0) is 9.59 Å². The first-order chi connectivity index (χ1) is 9.74. The lowest BCUT2D eigenvalue weighted by Gasteiger charge is -2.33. The fraction of sp³-hybridized carbons (Fsp3) is 0.875. The Morgan fingerprint density at radius 3 is 1.95 bits per heavy atom. The average molecular weight is 276 g/mol. The van der Waals surface area contributed by atoms with E-state index < -0.39 is 0 Å². The Bertz CT molecular complexity index is 424. The molecule has 0 aliphatic heterocycles. The SMILES string of the molecule is CCCC(N=C=O)C1CC2CC1CC2C(CC)N=C=O. The molecular weight excluding hydrogens is 252 g/mol. The molecule has 4 heteroatoms. The minimum Gasteiger partial charge on any atom is -0.211 e. The summed E-state index contributed by atoms with van der Waals surface area (Å²) in [6.07, 6.45) is 9.93. The molecule has 4 nitrogen and oxygen atoms in total. The van der Waals surface area contributed by atoms with Crippen molar-refractivity contribution in [1.82, 2.24) is 0 Å². The van der Waals surface area contributed by atoms with Gasteiger partial charge in [0.15, 0.2) is 0 Å². The number of rotatable bonds is 7. The van der Waals surface area contributed by atoms with Gasteiger partial charge in [0.05, 0.1) is 12.1 Å². The smallest absolute Gasteiger partial charge is 0.211 e. The second-order valence-corrected chi connectivity index (χ2v) is 6.33. The minimum absolute atomic E-state index is 0.141. The molecule has 0 aromatic heterocycles. The van der Waals surface area contributed by atoms with Crippen molar-refractivity contribution >= 4 is 12.2 Å². The zero-order valence-electron chi connectivity index (χ0n) is 12.4. The standard InChI is InChI=1S/C16H24N2O2/c1-3-5-16(18-10-20)14-8-11-6-12(14)7-13(11)15(4-2)17-9-19/h11-16H,3-8H2,1-2H3. The van der Waals surface area contributed by atoms with Crippen LogP contribution in [0.15, 0.2) is 9.98 Å². The van der Waals surface area contributed by atoms with Crippen molar-refractivity contribution in [1.29, 1.82) is 0 Å². The number of aliphatic imine (C=N–C) groups is 2. The molecule has 0 radical (unpaired) electrons. The summed E-state index contributed by atoms with van der Waals surface area (Å²) >= 11 is 0. The van der Waals surface area contributed by atoms with E-state index in [0.717, 1.165) is 32.1 Å². The van der Waals surface area contributed by atoms with Gasteiger partial charge in [-0.3, -0.25) is 0 Å². The van der Waals surface area contributed by atoms with E-state index in [1.54, 1.807) is 12.2 Å². The van der Waals surface area contributed by atoms with Gasteiger partial charge in [-0.1, -0.05) is 20.3 Å². The predicted molar refractivity (Wildman–Crippen MR) is 76.8 cm³/mol. The molecule has 0 aromatic carbocycles. The van der Waals surface area contributed by atoms with Crippen LogP contribution in [0.4, 0.5) is 0 Å². The van der Waals surface area contributed by atoms with Gasteiger partial charge in [0, 0.05) is 0 Å². The van der Waals surface area contributed by atoms with Crippen molar-refractivity contribution < 1.29 is 9.59 Å². The van der Waals surface area contributed by atoms with Crippen LogP contribution in [-0.4, -0.2) is 24.2 Å². The van der Waals surface area contributed by atoms with Gasteiger partial charge < -0.3 is 0 Å². The quantitative estimate of drug-likeness (QED) is 0.529. The third-order valence-electron chi connectivity index (χ3n) is 5.39. The van der Waals surface area contributed by atoms with Crippen LogP contribution < -0.4 is 0 Å². The summed E-state index contributed by atoms with van der Waals surface area (Å²) in [5.41, 5.74) is 0. The molecule has 2 bridgehead atoms. The Hall–Kier alpha value is -1.24. The molecule has 0 aromatic rings. The van der Waals surface area contributed by atoms with Gasteiger partial charge in [-0.15, -0.1) is 0 Å². The van der Waals surface area contributed by atoms with E-state index in [9.17, 15) is 9.59 Å². The van der Waals surface area contributed by atoms with Gasteiger partial charge in [0.1, 0.15) is 0 Å². The molecular formula is C16H24N2O2. The molecule has 110 valence electrons. The molecule has 6 unspecified atom stereocenters. The highest BCUT2D eigenvalue weighted by Gasteiger charge is 2.50. The number of carbonyl (C=O) groups excluding carboxylic acids is 2. The maximum Gasteiger partial charge on any atom is 0.235 e. The molecule has 2 aliphatic rings. The van der Waals surface area contributed by atoms with Crippen molar-refractivity contribution in [3.05, 3.63) is 0 Å². The Labute approximate surface area is 120 Å². The molecule has 2 saturated carbocycles. The Morgan fingerprint density at radius 1 is 0.950 bits per heavy atom. The first kappa shape index (κ1) is 15.2. The molecule has 2 fully saturated rings. The molecule has 2 aliphatic carbocycles. The van der Waals surface area contributed by atoms with Crippen LogP contribution in [0.25, 0.3) is 0 Å². The Balaban J connectivity index is 2.03. The lowest BCUT2D eigenvalue weighted by Crippen LogP contribution is -2.31. The first-order valence-corrected chi connectivity index (χ1v) is 7.89. The van der Waals surface area contributed by atoms with Gasteiger partial charge in [-0.25, -0.2) is 19.6 Å². The number of hydrogen-bond donors (Lipinski definition) is 0. The highest BCUT2D eigenvalue weighted by Crippen LogP contribution is 2.55. The summed E-state index contributed by atoms with van der Waals surface area (Å²) < 4.78 is 0. The summed E-state index contributed by atoms with van der Waals surface area (Å²) in [5, 5.41) is 0. The van der Waals surface area contributed by atoms with Crippen LogP contribution in [0.2, 0.25) is 0 Å². The van der Waals surface area contributed by atoms with Crippen molar-refractivity contribution in [3.63, 3.8) is 0 Å². The topological polar surface area (TPSA) is 58.9 Å². The highest BCUT2D eigenvalue weighted by molar-refractivity contribution is 5.34. The second-order valence-electron chi connectivity index (χ2n) is 6.33. The maximum atomic E-state index is 10.6. The number of nitrogens with zero attached hydrogens (tertiary/aromatic N) is 2. The van der Waals surface area contributed by atoms with E-state index in [0.29, 0.717) is 23.7 Å². The van der Waals surface area contributed by atoms with E-state index in [1.807, 2.05) is 0 Å². The second kappa shape index (κ2) is 6.97. The minimum atomic E-state index is 0.141. The van der Waals surface area contributed by atoms with Crippen LogP contribution in [0, 0.1) is 23.7 Å². The van der Waals surface area contributed by atoms with Crippen LogP contribution >= 0.6 is 0 Å². The predicted octanol–water partition coefficient (Wildman–Crippen LogP) is 3.27. The normalized spacial score (nSPS) is 34.1. The number of hydrogen-bond acceptors (Lipinski definition) is 4. The van der Waals surface area contributed by atoms with E-state index >= 15 is 0 Å².